The first-order valence-electron chi connectivity index (χ1n) is 7.87. The molecule has 0 saturated carbocycles. The highest BCUT2D eigenvalue weighted by Gasteiger charge is 2.11. The van der Waals surface area contributed by atoms with Gasteiger partial charge in [-0.05, 0) is 44.0 Å². The van der Waals surface area contributed by atoms with Gasteiger partial charge in [0.25, 0.3) is 5.91 Å². The number of Topliss-reactive ketones (excluding diaryl/α,β-unsaturated/α-hetero) is 1. The Morgan fingerprint density at radius 3 is 2.38 bits per heavy atom. The van der Waals surface area contributed by atoms with E-state index in [1.807, 2.05) is 0 Å². The van der Waals surface area contributed by atoms with E-state index in [1.54, 1.807) is 37.3 Å². The smallest absolute Gasteiger partial charge is 0.274 e. The molecular weight excluding hydrogens is 304 g/mol. The highest BCUT2D eigenvalue weighted by atomic mass is 16.2. The number of carbonyl (C=O) groups excluding carboxylic acids is 2. The van der Waals surface area contributed by atoms with Crippen molar-refractivity contribution < 1.29 is 9.59 Å². The van der Waals surface area contributed by atoms with E-state index in [9.17, 15) is 9.59 Å². The van der Waals surface area contributed by atoms with E-state index >= 15 is 0 Å². The van der Waals surface area contributed by atoms with Crippen LogP contribution in [0.15, 0.2) is 30.3 Å². The van der Waals surface area contributed by atoms with Crippen molar-refractivity contribution in [3.63, 3.8) is 0 Å². The number of aromatic nitrogens is 2. The van der Waals surface area contributed by atoms with Gasteiger partial charge in [-0.2, -0.15) is 0 Å². The van der Waals surface area contributed by atoms with Crippen LogP contribution < -0.4 is 10.6 Å². The Hall–Kier alpha value is -2.76. The molecule has 1 heterocycles. The van der Waals surface area contributed by atoms with E-state index in [0.29, 0.717) is 34.5 Å². The van der Waals surface area contributed by atoms with Gasteiger partial charge < -0.3 is 10.6 Å². The van der Waals surface area contributed by atoms with Crippen LogP contribution in [0.25, 0.3) is 0 Å². The fourth-order valence-corrected chi connectivity index (χ4v) is 2.07. The summed E-state index contributed by atoms with van der Waals surface area (Å²) in [6.07, 6.45) is 0. The molecule has 1 aromatic carbocycles. The van der Waals surface area contributed by atoms with Gasteiger partial charge in [0.05, 0.1) is 0 Å². The molecule has 0 spiro atoms. The van der Waals surface area contributed by atoms with Crippen molar-refractivity contribution in [1.82, 2.24) is 9.97 Å². The minimum atomic E-state index is -0.316. The summed E-state index contributed by atoms with van der Waals surface area (Å²) in [5.41, 5.74) is 1.51. The van der Waals surface area contributed by atoms with Gasteiger partial charge in [0.15, 0.2) is 5.78 Å². The summed E-state index contributed by atoms with van der Waals surface area (Å²) >= 11 is 0. The van der Waals surface area contributed by atoms with Crippen LogP contribution in [0.2, 0.25) is 0 Å². The number of nitrogens with one attached hydrogen (secondary N) is 2. The van der Waals surface area contributed by atoms with Crippen LogP contribution in [0.1, 0.15) is 47.4 Å². The summed E-state index contributed by atoms with van der Waals surface area (Å²) in [7, 11) is 0. The van der Waals surface area contributed by atoms with Crippen LogP contribution >= 0.6 is 0 Å². The first-order valence-corrected chi connectivity index (χ1v) is 7.87. The maximum absolute atomic E-state index is 12.4. The normalized spacial score (nSPS) is 10.5. The molecule has 0 fully saturated rings. The third-order valence-electron chi connectivity index (χ3n) is 3.31. The zero-order chi connectivity index (χ0) is 17.7. The van der Waals surface area contributed by atoms with Crippen LogP contribution in [0.3, 0.4) is 0 Å². The Bertz CT molecular complexity index is 739. The summed E-state index contributed by atoms with van der Waals surface area (Å²) in [6, 6.07) is 8.38. The number of aryl methyl sites for hydroxylation is 1. The van der Waals surface area contributed by atoms with Crippen LogP contribution in [0.5, 0.6) is 0 Å². The van der Waals surface area contributed by atoms with Crippen molar-refractivity contribution in [3.05, 3.63) is 47.4 Å². The van der Waals surface area contributed by atoms with Gasteiger partial charge in [-0.25, -0.2) is 9.97 Å². The second kappa shape index (κ2) is 7.68. The molecule has 6 heteroatoms. The molecule has 2 aromatic rings. The number of ketones is 1. The zero-order valence-electron chi connectivity index (χ0n) is 14.4. The first-order chi connectivity index (χ1) is 11.3. The standard InChI is InChI=1S/C18H22N4O2/c1-11(2)10-19-17-9-16(20-13(4)21-17)18(24)22-15-7-5-14(6-8-15)12(3)23/h5-9,11H,10H2,1-4H3,(H,22,24)(H,19,20,21). The number of rotatable bonds is 6. The number of hydrogen-bond donors (Lipinski definition) is 2. The SMILES string of the molecule is CC(=O)c1ccc(NC(=O)c2cc(NCC(C)C)nc(C)n2)cc1. The predicted molar refractivity (Wildman–Crippen MR) is 94.5 cm³/mol. The van der Waals surface area contributed by atoms with Crippen LogP contribution in [-0.2, 0) is 0 Å². The molecule has 24 heavy (non-hydrogen) atoms. The van der Waals surface area contributed by atoms with Crippen LogP contribution in [-0.4, -0.2) is 28.2 Å². The molecular formula is C18H22N4O2. The summed E-state index contributed by atoms with van der Waals surface area (Å²) < 4.78 is 0. The van der Waals surface area contributed by atoms with Gasteiger partial charge in [-0.1, -0.05) is 13.8 Å². The van der Waals surface area contributed by atoms with Crippen molar-refractivity contribution in [2.24, 2.45) is 5.92 Å². The molecule has 6 nitrogen and oxygen atoms in total. The fourth-order valence-electron chi connectivity index (χ4n) is 2.07. The third kappa shape index (κ3) is 4.87. The molecule has 0 bridgehead atoms. The molecule has 0 aliphatic rings. The summed E-state index contributed by atoms with van der Waals surface area (Å²) in [5.74, 6) is 1.30. The monoisotopic (exact) mass is 326 g/mol. The lowest BCUT2D eigenvalue weighted by Crippen LogP contribution is -2.17. The molecule has 0 saturated heterocycles. The summed E-state index contributed by atoms with van der Waals surface area (Å²) in [6.45, 7) is 8.21. The average Bonchev–Trinajstić information content (AvgIpc) is 2.53. The molecule has 0 unspecified atom stereocenters. The molecule has 0 aliphatic carbocycles. The first kappa shape index (κ1) is 17.6. The minimum absolute atomic E-state index is 0.0137. The highest BCUT2D eigenvalue weighted by Crippen LogP contribution is 2.13. The topological polar surface area (TPSA) is 84.0 Å². The van der Waals surface area contributed by atoms with E-state index in [2.05, 4.69) is 34.4 Å². The van der Waals surface area contributed by atoms with E-state index in [4.69, 9.17) is 0 Å². The molecule has 1 amide bonds. The number of carbonyl (C=O) groups is 2. The molecule has 2 N–H and O–H groups in total. The summed E-state index contributed by atoms with van der Waals surface area (Å²) in [4.78, 5) is 32.1. The summed E-state index contributed by atoms with van der Waals surface area (Å²) in [5, 5.41) is 5.97. The molecule has 1 aromatic heterocycles. The van der Waals surface area contributed by atoms with Crippen molar-refractivity contribution in [1.29, 1.82) is 0 Å². The molecule has 126 valence electrons. The quantitative estimate of drug-likeness (QED) is 0.796. The lowest BCUT2D eigenvalue weighted by Gasteiger charge is -2.10. The average molecular weight is 326 g/mol. The maximum Gasteiger partial charge on any atom is 0.274 e. The van der Waals surface area contributed by atoms with E-state index in [-0.39, 0.29) is 11.7 Å². The lowest BCUT2D eigenvalue weighted by molar-refractivity contribution is 0.101. The van der Waals surface area contributed by atoms with Gasteiger partial charge >= 0.3 is 0 Å². The predicted octanol–water partition coefficient (Wildman–Crippen LogP) is 3.31. The van der Waals surface area contributed by atoms with Crippen LogP contribution in [0.4, 0.5) is 11.5 Å². The largest absolute Gasteiger partial charge is 0.370 e. The Balaban J connectivity index is 2.12. The van der Waals surface area contributed by atoms with Gasteiger partial charge in [-0.3, -0.25) is 9.59 Å². The van der Waals surface area contributed by atoms with E-state index in [0.717, 1.165) is 6.54 Å². The van der Waals surface area contributed by atoms with E-state index < -0.39 is 0 Å². The lowest BCUT2D eigenvalue weighted by atomic mass is 10.1. The molecule has 0 atom stereocenters. The zero-order valence-corrected chi connectivity index (χ0v) is 14.4. The molecule has 0 radical (unpaired) electrons. The van der Waals surface area contributed by atoms with Crippen molar-refractivity contribution in [3.8, 4) is 0 Å². The molecule has 2 rings (SSSR count). The number of hydrogen-bond acceptors (Lipinski definition) is 5. The van der Waals surface area contributed by atoms with E-state index in [1.165, 1.54) is 6.92 Å². The van der Waals surface area contributed by atoms with Crippen molar-refractivity contribution >= 4 is 23.2 Å². The Kier molecular flexibility index (Phi) is 5.63. The maximum atomic E-state index is 12.4. The second-order valence-corrected chi connectivity index (χ2v) is 6.05. The third-order valence-corrected chi connectivity index (χ3v) is 3.31. The Morgan fingerprint density at radius 2 is 1.79 bits per heavy atom. The van der Waals surface area contributed by atoms with Crippen LogP contribution in [0, 0.1) is 12.8 Å². The number of nitrogens with zero attached hydrogens (tertiary/aromatic N) is 2. The Labute approximate surface area is 141 Å². The van der Waals surface area contributed by atoms with Gasteiger partial charge in [-0.15, -0.1) is 0 Å². The Morgan fingerprint density at radius 1 is 1.12 bits per heavy atom. The van der Waals surface area contributed by atoms with Gasteiger partial charge in [0.1, 0.15) is 17.3 Å². The van der Waals surface area contributed by atoms with Crippen molar-refractivity contribution in [2.75, 3.05) is 17.2 Å². The number of amides is 1. The number of anilines is 2. The van der Waals surface area contributed by atoms with Crippen molar-refractivity contribution in [2.45, 2.75) is 27.7 Å². The number of benzene rings is 1. The highest BCUT2D eigenvalue weighted by molar-refractivity contribution is 6.03. The second-order valence-electron chi connectivity index (χ2n) is 6.05. The molecule has 0 aliphatic heterocycles. The van der Waals surface area contributed by atoms with Gasteiger partial charge in [0, 0.05) is 23.9 Å². The minimum Gasteiger partial charge on any atom is -0.370 e. The fraction of sp³-hybridized carbons (Fsp3) is 0.333. The van der Waals surface area contributed by atoms with Gasteiger partial charge in [0.2, 0.25) is 0 Å².